The Balaban J connectivity index is 1.99. The summed E-state index contributed by atoms with van der Waals surface area (Å²) in [6.45, 7) is 1.01. The van der Waals surface area contributed by atoms with Crippen molar-refractivity contribution in [2.75, 3.05) is 11.4 Å². The Kier molecular flexibility index (Phi) is 2.59. The molecule has 0 unspecified atom stereocenters. The third kappa shape index (κ3) is 1.89. The number of anilines is 1. The number of halogens is 2. The number of H-pyrrole nitrogens is 1. The molecule has 4 heterocycles. The highest BCUT2D eigenvalue weighted by Gasteiger charge is 2.45. The molecule has 2 N–H and O–H groups in total. The second-order valence-corrected chi connectivity index (χ2v) is 6.08. The van der Waals surface area contributed by atoms with Crippen LogP contribution in [0.25, 0.3) is 10.4 Å². The number of ether oxygens (including phenoxy) is 1. The van der Waals surface area contributed by atoms with Gasteiger partial charge in [0.05, 0.1) is 11.1 Å². The lowest BCUT2D eigenvalue weighted by atomic mass is 10.2. The van der Waals surface area contributed by atoms with E-state index in [1.54, 1.807) is 13.1 Å². The van der Waals surface area contributed by atoms with E-state index in [9.17, 15) is 13.6 Å². The molecule has 0 saturated carbocycles. The molecule has 0 spiro atoms. The fourth-order valence-electron chi connectivity index (χ4n) is 2.55. The van der Waals surface area contributed by atoms with Gasteiger partial charge in [-0.2, -0.15) is 13.9 Å². The maximum Gasteiger partial charge on any atom is 0.416 e. The highest BCUT2D eigenvalue weighted by Crippen LogP contribution is 2.52. The molecule has 2 aliphatic rings. The first kappa shape index (κ1) is 13.3. The van der Waals surface area contributed by atoms with E-state index in [0.29, 0.717) is 26.7 Å². The van der Waals surface area contributed by atoms with Crippen LogP contribution in [0.4, 0.5) is 14.5 Å². The topological polar surface area (TPSA) is 70.2 Å². The Hall–Kier alpha value is -2.42. The van der Waals surface area contributed by atoms with E-state index in [2.05, 4.69) is 15.5 Å². The molecule has 1 amide bonds. The number of hydrogen-bond donors (Lipinski definition) is 2. The van der Waals surface area contributed by atoms with Gasteiger partial charge in [-0.1, -0.05) is 0 Å². The highest BCUT2D eigenvalue weighted by atomic mass is 32.1. The number of aromatic nitrogens is 2. The number of rotatable bonds is 1. The number of allylic oxidation sites excluding steroid dienone is 1. The molecule has 6 nitrogen and oxygen atoms in total. The maximum absolute atomic E-state index is 13.9. The first-order valence-electron chi connectivity index (χ1n) is 6.44. The molecule has 2 aliphatic heterocycles. The minimum atomic E-state index is -3.34. The van der Waals surface area contributed by atoms with Gasteiger partial charge in [0.25, 0.3) is 5.91 Å². The van der Waals surface area contributed by atoms with E-state index in [4.69, 9.17) is 4.74 Å². The van der Waals surface area contributed by atoms with Gasteiger partial charge in [-0.3, -0.25) is 9.89 Å². The Morgan fingerprint density at radius 2 is 2.27 bits per heavy atom. The minimum absolute atomic E-state index is 0.0127. The molecule has 0 fully saturated rings. The molecule has 9 heteroatoms. The van der Waals surface area contributed by atoms with Gasteiger partial charge < -0.3 is 15.0 Å². The van der Waals surface area contributed by atoms with Crippen LogP contribution in [0.5, 0.6) is 5.75 Å². The summed E-state index contributed by atoms with van der Waals surface area (Å²) < 4.78 is 32.7. The zero-order valence-electron chi connectivity index (χ0n) is 11.3. The summed E-state index contributed by atoms with van der Waals surface area (Å²) in [7, 11) is 0. The molecular weight excluding hydrogens is 314 g/mol. The third-order valence-electron chi connectivity index (χ3n) is 3.36. The van der Waals surface area contributed by atoms with Gasteiger partial charge in [-0.25, -0.2) is 0 Å². The van der Waals surface area contributed by atoms with Gasteiger partial charge >= 0.3 is 6.11 Å². The Morgan fingerprint density at radius 1 is 1.45 bits per heavy atom. The van der Waals surface area contributed by atoms with E-state index in [1.807, 2.05) is 0 Å². The molecule has 114 valence electrons. The van der Waals surface area contributed by atoms with Crippen LogP contribution in [0.2, 0.25) is 0 Å². The summed E-state index contributed by atoms with van der Waals surface area (Å²) >= 11 is 1.11. The molecule has 2 aromatic rings. The van der Waals surface area contributed by atoms with E-state index < -0.39 is 12.7 Å². The number of alkyl halides is 2. The second kappa shape index (κ2) is 4.29. The molecule has 0 bridgehead atoms. The molecule has 0 saturated heterocycles. The van der Waals surface area contributed by atoms with E-state index >= 15 is 0 Å². The van der Waals surface area contributed by atoms with Gasteiger partial charge in [-0.05, 0) is 6.92 Å². The predicted molar refractivity (Wildman–Crippen MR) is 76.0 cm³/mol. The lowest BCUT2D eigenvalue weighted by Gasteiger charge is -2.32. The molecular formula is C13H10F2N4O2S. The summed E-state index contributed by atoms with van der Waals surface area (Å²) in [6, 6.07) is 0. The van der Waals surface area contributed by atoms with Crippen LogP contribution in [0, 0.1) is 0 Å². The monoisotopic (exact) mass is 324 g/mol. The van der Waals surface area contributed by atoms with Crippen LogP contribution in [0.3, 0.4) is 0 Å². The van der Waals surface area contributed by atoms with E-state index in [1.165, 1.54) is 17.3 Å². The SMILES string of the molecule is CC1=CN2CC(F)(F)Oc3c(-c4cn[nH]c4)sc(c32)C(=O)N1. The van der Waals surface area contributed by atoms with Crippen molar-refractivity contribution in [2.24, 2.45) is 0 Å². The fourth-order valence-corrected chi connectivity index (χ4v) is 3.67. The van der Waals surface area contributed by atoms with Crippen molar-refractivity contribution in [1.82, 2.24) is 15.5 Å². The van der Waals surface area contributed by atoms with Crippen molar-refractivity contribution in [1.29, 1.82) is 0 Å². The van der Waals surface area contributed by atoms with Crippen molar-refractivity contribution in [3.8, 4) is 16.2 Å². The van der Waals surface area contributed by atoms with Gasteiger partial charge in [0.15, 0.2) is 5.75 Å². The van der Waals surface area contributed by atoms with Crippen LogP contribution in [-0.2, 0) is 0 Å². The third-order valence-corrected chi connectivity index (χ3v) is 4.57. The number of hydrogen-bond acceptors (Lipinski definition) is 5. The number of nitrogens with zero attached hydrogens (tertiary/aromatic N) is 2. The lowest BCUT2D eigenvalue weighted by Crippen LogP contribution is -2.42. The highest BCUT2D eigenvalue weighted by molar-refractivity contribution is 7.18. The first-order chi connectivity index (χ1) is 10.4. The number of nitrogens with one attached hydrogen (secondary N) is 2. The van der Waals surface area contributed by atoms with E-state index in [0.717, 1.165) is 11.3 Å². The number of amides is 1. The second-order valence-electron chi connectivity index (χ2n) is 5.06. The van der Waals surface area contributed by atoms with Crippen LogP contribution in [0.15, 0.2) is 24.3 Å². The maximum atomic E-state index is 13.9. The minimum Gasteiger partial charge on any atom is -0.427 e. The summed E-state index contributed by atoms with van der Waals surface area (Å²) in [5, 5.41) is 9.11. The van der Waals surface area contributed by atoms with Crippen molar-refractivity contribution in [2.45, 2.75) is 13.0 Å². The van der Waals surface area contributed by atoms with Gasteiger partial charge in [-0.15, -0.1) is 11.3 Å². The number of carbonyl (C=O) groups is 1. The van der Waals surface area contributed by atoms with Crippen molar-refractivity contribution >= 4 is 22.9 Å². The average Bonchev–Trinajstić information content (AvgIpc) is 3.00. The smallest absolute Gasteiger partial charge is 0.416 e. The quantitative estimate of drug-likeness (QED) is 0.846. The Bertz CT molecular complexity index is 797. The number of carbonyl (C=O) groups excluding carboxylic acids is 1. The predicted octanol–water partition coefficient (Wildman–Crippen LogP) is 2.53. The Labute approximate surface area is 127 Å². The molecule has 22 heavy (non-hydrogen) atoms. The van der Waals surface area contributed by atoms with Gasteiger partial charge in [0.2, 0.25) is 0 Å². The molecule has 4 rings (SSSR count). The first-order valence-corrected chi connectivity index (χ1v) is 7.25. The molecule has 0 atom stereocenters. The fraction of sp³-hybridized carbons (Fsp3) is 0.231. The normalized spacial score (nSPS) is 19.0. The van der Waals surface area contributed by atoms with Gasteiger partial charge in [0, 0.05) is 23.7 Å². The summed E-state index contributed by atoms with van der Waals surface area (Å²) in [5.41, 5.74) is 1.47. The zero-order chi connectivity index (χ0) is 15.5. The van der Waals surface area contributed by atoms with Gasteiger partial charge in [0.1, 0.15) is 17.1 Å². The van der Waals surface area contributed by atoms with Crippen LogP contribution < -0.4 is 15.0 Å². The van der Waals surface area contributed by atoms with Crippen molar-refractivity contribution < 1.29 is 18.3 Å². The summed E-state index contributed by atoms with van der Waals surface area (Å²) in [4.78, 5) is 14.4. The zero-order valence-corrected chi connectivity index (χ0v) is 12.1. The standard InChI is InChI=1S/C13H10F2N4O2S/c1-6-4-19-5-13(14,15)21-9-8(19)11(12(20)18-6)22-10(9)7-2-16-17-3-7/h2-4H,5H2,1H3,(H,16,17)(H,18,20). The van der Waals surface area contributed by atoms with Crippen LogP contribution in [0.1, 0.15) is 16.6 Å². The summed E-state index contributed by atoms with van der Waals surface area (Å²) in [6.07, 6.45) is 1.23. The average molecular weight is 324 g/mol. The number of aromatic amines is 1. The molecule has 0 aromatic carbocycles. The molecule has 0 radical (unpaired) electrons. The van der Waals surface area contributed by atoms with Crippen LogP contribution >= 0.6 is 11.3 Å². The number of thiophene rings is 1. The Morgan fingerprint density at radius 3 is 3.00 bits per heavy atom. The lowest BCUT2D eigenvalue weighted by molar-refractivity contribution is -0.170. The van der Waals surface area contributed by atoms with Crippen LogP contribution in [-0.4, -0.2) is 28.8 Å². The largest absolute Gasteiger partial charge is 0.427 e. The molecule has 0 aliphatic carbocycles. The van der Waals surface area contributed by atoms with Crippen molar-refractivity contribution in [3.63, 3.8) is 0 Å². The van der Waals surface area contributed by atoms with Crippen molar-refractivity contribution in [3.05, 3.63) is 29.2 Å². The summed E-state index contributed by atoms with van der Waals surface area (Å²) in [5.74, 6) is -0.320. The molecule has 2 aromatic heterocycles. The van der Waals surface area contributed by atoms with E-state index in [-0.39, 0.29) is 11.7 Å².